The lowest BCUT2D eigenvalue weighted by Crippen LogP contribution is -2.26. The van der Waals surface area contributed by atoms with E-state index in [1.54, 1.807) is 0 Å². The molecular weight excluding hydrogens is 290 g/mol. The van der Waals surface area contributed by atoms with E-state index in [2.05, 4.69) is 10.6 Å². The fourth-order valence-electron chi connectivity index (χ4n) is 2.01. The largest absolute Gasteiger partial charge is 0.508 e. The van der Waals surface area contributed by atoms with Crippen molar-refractivity contribution in [2.24, 2.45) is 0 Å². The Bertz CT molecular complexity index is 580. The van der Waals surface area contributed by atoms with Crippen molar-refractivity contribution >= 4 is 0 Å². The van der Waals surface area contributed by atoms with Crippen LogP contribution in [0.4, 0.5) is 8.78 Å². The van der Waals surface area contributed by atoms with Crippen molar-refractivity contribution < 1.29 is 19.0 Å². The van der Waals surface area contributed by atoms with E-state index in [0.717, 1.165) is 0 Å². The number of rotatable bonds is 7. The van der Waals surface area contributed by atoms with Gasteiger partial charge in [0, 0.05) is 37.3 Å². The minimum Gasteiger partial charge on any atom is -0.508 e. The summed E-state index contributed by atoms with van der Waals surface area (Å²) in [5.41, 5.74) is 0.977. The first-order valence-electron chi connectivity index (χ1n) is 6.92. The smallest absolute Gasteiger partial charge is 0.123 e. The van der Waals surface area contributed by atoms with Gasteiger partial charge in [-0.25, -0.2) is 8.78 Å². The summed E-state index contributed by atoms with van der Waals surface area (Å²) < 4.78 is 26.1. The van der Waals surface area contributed by atoms with Crippen molar-refractivity contribution in [2.45, 2.75) is 13.1 Å². The lowest BCUT2D eigenvalue weighted by atomic mass is 10.2. The summed E-state index contributed by atoms with van der Waals surface area (Å²) in [6.07, 6.45) is 0. The fourth-order valence-corrected chi connectivity index (χ4v) is 2.01. The van der Waals surface area contributed by atoms with Crippen LogP contribution in [-0.4, -0.2) is 23.3 Å². The molecule has 0 saturated heterocycles. The van der Waals surface area contributed by atoms with E-state index in [-0.39, 0.29) is 11.5 Å². The molecule has 0 radical (unpaired) electrons. The van der Waals surface area contributed by atoms with Gasteiger partial charge in [0.1, 0.15) is 23.1 Å². The molecule has 0 spiro atoms. The highest BCUT2D eigenvalue weighted by Gasteiger charge is 2.03. The quantitative estimate of drug-likeness (QED) is 0.593. The van der Waals surface area contributed by atoms with E-state index in [9.17, 15) is 19.0 Å². The van der Waals surface area contributed by atoms with Gasteiger partial charge in [0.05, 0.1) is 0 Å². The Kier molecular flexibility index (Phi) is 5.68. The third kappa shape index (κ3) is 4.68. The Morgan fingerprint density at radius 3 is 1.55 bits per heavy atom. The van der Waals surface area contributed by atoms with E-state index in [1.807, 2.05) is 0 Å². The van der Waals surface area contributed by atoms with E-state index in [4.69, 9.17) is 0 Å². The summed E-state index contributed by atoms with van der Waals surface area (Å²) in [6, 6.07) is 7.59. The van der Waals surface area contributed by atoms with Crippen molar-refractivity contribution in [3.8, 4) is 11.5 Å². The molecule has 22 heavy (non-hydrogen) atoms. The molecule has 0 atom stereocenters. The van der Waals surface area contributed by atoms with Gasteiger partial charge in [-0.05, 0) is 36.4 Å². The summed E-state index contributed by atoms with van der Waals surface area (Å²) in [6.45, 7) is 1.84. The highest BCUT2D eigenvalue weighted by atomic mass is 19.1. The van der Waals surface area contributed by atoms with E-state index < -0.39 is 11.6 Å². The molecule has 2 aromatic rings. The maximum Gasteiger partial charge on any atom is 0.123 e. The molecule has 2 rings (SSSR count). The van der Waals surface area contributed by atoms with Crippen molar-refractivity contribution in [3.05, 3.63) is 59.2 Å². The average Bonchev–Trinajstić information content (AvgIpc) is 2.49. The standard InChI is InChI=1S/C16H18F2N2O2/c17-13-1-3-15(21)11(7-13)9-19-5-6-20-10-12-8-14(18)2-4-16(12)22/h1-4,7-8,19-22H,5-6,9-10H2. The highest BCUT2D eigenvalue weighted by molar-refractivity contribution is 5.33. The molecule has 118 valence electrons. The monoisotopic (exact) mass is 308 g/mol. The molecule has 0 bridgehead atoms. The first-order chi connectivity index (χ1) is 10.6. The van der Waals surface area contributed by atoms with Crippen LogP contribution in [0.15, 0.2) is 36.4 Å². The van der Waals surface area contributed by atoms with Crippen LogP contribution in [0, 0.1) is 11.6 Å². The van der Waals surface area contributed by atoms with Gasteiger partial charge >= 0.3 is 0 Å². The second-order valence-electron chi connectivity index (χ2n) is 4.90. The number of nitrogens with one attached hydrogen (secondary N) is 2. The fraction of sp³-hybridized carbons (Fsp3) is 0.250. The van der Waals surface area contributed by atoms with Crippen molar-refractivity contribution in [1.82, 2.24) is 10.6 Å². The van der Waals surface area contributed by atoms with Crippen molar-refractivity contribution in [1.29, 1.82) is 0 Å². The van der Waals surface area contributed by atoms with Crippen LogP contribution in [0.1, 0.15) is 11.1 Å². The minimum atomic E-state index is -0.394. The van der Waals surface area contributed by atoms with Gasteiger partial charge in [0.25, 0.3) is 0 Å². The molecule has 0 heterocycles. The highest BCUT2D eigenvalue weighted by Crippen LogP contribution is 2.18. The van der Waals surface area contributed by atoms with Gasteiger partial charge in [-0.15, -0.1) is 0 Å². The Morgan fingerprint density at radius 1 is 0.727 bits per heavy atom. The summed E-state index contributed by atoms with van der Waals surface area (Å²) in [5, 5.41) is 25.2. The zero-order valence-electron chi connectivity index (χ0n) is 11.9. The molecule has 0 aliphatic heterocycles. The maximum atomic E-state index is 13.0. The lowest BCUT2D eigenvalue weighted by molar-refractivity contribution is 0.458. The lowest BCUT2D eigenvalue weighted by Gasteiger charge is -2.09. The Morgan fingerprint density at radius 2 is 1.14 bits per heavy atom. The normalized spacial score (nSPS) is 10.8. The summed E-state index contributed by atoms with van der Waals surface area (Å²) in [5.74, 6) is -0.693. The molecule has 0 aliphatic rings. The van der Waals surface area contributed by atoms with Crippen LogP contribution in [0.2, 0.25) is 0 Å². The van der Waals surface area contributed by atoms with Gasteiger partial charge < -0.3 is 20.8 Å². The van der Waals surface area contributed by atoms with E-state index in [1.165, 1.54) is 36.4 Å². The molecule has 4 nitrogen and oxygen atoms in total. The van der Waals surface area contributed by atoms with Gasteiger partial charge in [-0.3, -0.25) is 0 Å². The molecule has 0 fully saturated rings. The van der Waals surface area contributed by atoms with Crippen molar-refractivity contribution in [2.75, 3.05) is 13.1 Å². The van der Waals surface area contributed by atoms with Crippen LogP contribution in [0.25, 0.3) is 0 Å². The van der Waals surface area contributed by atoms with Crippen LogP contribution in [-0.2, 0) is 13.1 Å². The number of aromatic hydroxyl groups is 2. The number of phenolic OH excluding ortho intramolecular Hbond substituents is 2. The van der Waals surface area contributed by atoms with Crippen molar-refractivity contribution in [3.63, 3.8) is 0 Å². The number of hydrogen-bond donors (Lipinski definition) is 4. The molecule has 2 aromatic carbocycles. The first kappa shape index (κ1) is 16.2. The average molecular weight is 308 g/mol. The molecular formula is C16H18F2N2O2. The summed E-state index contributed by atoms with van der Waals surface area (Å²) in [4.78, 5) is 0. The van der Waals surface area contributed by atoms with E-state index >= 15 is 0 Å². The van der Waals surface area contributed by atoms with Gasteiger partial charge in [-0.2, -0.15) is 0 Å². The topological polar surface area (TPSA) is 64.5 Å². The first-order valence-corrected chi connectivity index (χ1v) is 6.92. The SMILES string of the molecule is Oc1ccc(F)cc1CNCCNCc1cc(F)ccc1O. The maximum absolute atomic E-state index is 13.0. The van der Waals surface area contributed by atoms with Gasteiger partial charge in [0.2, 0.25) is 0 Å². The zero-order valence-corrected chi connectivity index (χ0v) is 11.9. The number of phenols is 2. The molecule has 0 unspecified atom stereocenters. The minimum absolute atomic E-state index is 0.0477. The van der Waals surface area contributed by atoms with Gasteiger partial charge in [-0.1, -0.05) is 0 Å². The third-order valence-corrected chi connectivity index (χ3v) is 3.19. The number of halogens is 2. The Balaban J connectivity index is 1.69. The van der Waals surface area contributed by atoms with Gasteiger partial charge in [0.15, 0.2) is 0 Å². The molecule has 0 aliphatic carbocycles. The van der Waals surface area contributed by atoms with E-state index in [0.29, 0.717) is 37.3 Å². The second kappa shape index (κ2) is 7.72. The van der Waals surface area contributed by atoms with Crippen LogP contribution < -0.4 is 10.6 Å². The summed E-state index contributed by atoms with van der Waals surface area (Å²) in [7, 11) is 0. The molecule has 4 N–H and O–H groups in total. The zero-order chi connectivity index (χ0) is 15.9. The predicted molar refractivity (Wildman–Crippen MR) is 79.5 cm³/mol. The van der Waals surface area contributed by atoms with Crippen LogP contribution in [0.5, 0.6) is 11.5 Å². The Labute approximate surface area is 127 Å². The third-order valence-electron chi connectivity index (χ3n) is 3.19. The second-order valence-corrected chi connectivity index (χ2v) is 4.90. The van der Waals surface area contributed by atoms with Crippen LogP contribution >= 0.6 is 0 Å². The van der Waals surface area contributed by atoms with Crippen LogP contribution in [0.3, 0.4) is 0 Å². The number of hydrogen-bond acceptors (Lipinski definition) is 4. The molecule has 0 amide bonds. The summed E-state index contributed by atoms with van der Waals surface area (Å²) >= 11 is 0. The Hall–Kier alpha value is -2.18. The number of benzene rings is 2. The molecule has 0 aromatic heterocycles. The predicted octanol–water partition coefficient (Wildman–Crippen LogP) is 2.26. The molecule has 6 heteroatoms. The molecule has 0 saturated carbocycles.